The lowest BCUT2D eigenvalue weighted by molar-refractivity contribution is 0.0600. The third kappa shape index (κ3) is 4.70. The molecule has 0 spiro atoms. The fourth-order valence-electron chi connectivity index (χ4n) is 4.02. The minimum atomic E-state index is -3.58. The quantitative estimate of drug-likeness (QED) is 0.597. The minimum Gasteiger partial charge on any atom is -0.465 e. The third-order valence-corrected chi connectivity index (χ3v) is 9.34. The van der Waals surface area contributed by atoms with E-state index in [1.807, 2.05) is 0 Å². The molecule has 0 atom stereocenters. The number of carbonyl (C=O) groups excluding carboxylic acids is 2. The van der Waals surface area contributed by atoms with Crippen molar-refractivity contribution in [2.75, 3.05) is 26.0 Å². The van der Waals surface area contributed by atoms with Crippen molar-refractivity contribution in [3.8, 4) is 0 Å². The lowest BCUT2D eigenvalue weighted by Gasteiger charge is -2.30. The summed E-state index contributed by atoms with van der Waals surface area (Å²) in [7, 11) is -0.658. The van der Waals surface area contributed by atoms with Gasteiger partial charge in [-0.05, 0) is 62.9 Å². The molecule has 0 saturated heterocycles. The number of thiophene rings is 1. The molecule has 1 aliphatic carbocycles. The Morgan fingerprint density at radius 1 is 1.21 bits per heavy atom. The molecule has 10 heteroatoms. The highest BCUT2D eigenvalue weighted by atomic mass is 32.2. The van der Waals surface area contributed by atoms with Gasteiger partial charge in [0.25, 0.3) is 5.91 Å². The maximum atomic E-state index is 12.9. The smallest absolute Gasteiger partial charge is 0.341 e. The Morgan fingerprint density at radius 3 is 2.45 bits per heavy atom. The van der Waals surface area contributed by atoms with E-state index in [1.165, 1.54) is 47.0 Å². The first kappa shape index (κ1) is 23.9. The summed E-state index contributed by atoms with van der Waals surface area (Å²) in [6.45, 7) is 5.83. The average Bonchev–Trinajstić information content (AvgIpc) is 3.58. The van der Waals surface area contributed by atoms with E-state index >= 15 is 0 Å². The van der Waals surface area contributed by atoms with Gasteiger partial charge in [0.15, 0.2) is 0 Å². The third-order valence-electron chi connectivity index (χ3n) is 6.29. The van der Waals surface area contributed by atoms with Crippen molar-refractivity contribution in [3.63, 3.8) is 0 Å². The van der Waals surface area contributed by atoms with E-state index in [1.54, 1.807) is 7.05 Å². The van der Waals surface area contributed by atoms with E-state index in [0.29, 0.717) is 28.6 Å². The Kier molecular flexibility index (Phi) is 6.63. The topological polar surface area (TPSA) is 96.0 Å². The second-order valence-electron chi connectivity index (χ2n) is 8.74. The van der Waals surface area contributed by atoms with Crippen LogP contribution < -0.4 is 5.32 Å². The number of hydrogen-bond acceptors (Lipinski definition) is 7. The van der Waals surface area contributed by atoms with Crippen LogP contribution in [0.15, 0.2) is 29.2 Å². The summed E-state index contributed by atoms with van der Waals surface area (Å²) >= 11 is 1.39. The maximum absolute atomic E-state index is 12.9. The molecular weight excluding hydrogens is 462 g/mol. The summed E-state index contributed by atoms with van der Waals surface area (Å²) in [5, 5.41) is 3.32. The first-order valence-corrected chi connectivity index (χ1v) is 13.3. The van der Waals surface area contributed by atoms with E-state index in [-0.39, 0.29) is 10.9 Å². The predicted octanol–water partition coefficient (Wildman–Crippen LogP) is 3.34. The average molecular weight is 492 g/mol. The lowest BCUT2D eigenvalue weighted by Crippen LogP contribution is -2.35. The van der Waals surface area contributed by atoms with Gasteiger partial charge in [-0.15, -0.1) is 11.3 Å². The molecule has 1 fully saturated rings. The molecule has 0 radical (unpaired) electrons. The summed E-state index contributed by atoms with van der Waals surface area (Å²) in [6, 6.07) is 6.33. The van der Waals surface area contributed by atoms with Gasteiger partial charge in [0.1, 0.15) is 5.00 Å². The molecular formula is C23H29N3O5S2. The maximum Gasteiger partial charge on any atom is 0.341 e. The Morgan fingerprint density at radius 2 is 1.88 bits per heavy atom. The van der Waals surface area contributed by atoms with Crippen LogP contribution in [0.5, 0.6) is 0 Å². The molecule has 2 heterocycles. The van der Waals surface area contributed by atoms with Crippen LogP contribution in [0.1, 0.15) is 57.8 Å². The highest BCUT2D eigenvalue weighted by Crippen LogP contribution is 2.38. The molecule has 33 heavy (non-hydrogen) atoms. The lowest BCUT2D eigenvalue weighted by atomic mass is 10.0. The zero-order valence-electron chi connectivity index (χ0n) is 19.3. The number of amides is 1. The van der Waals surface area contributed by atoms with Gasteiger partial charge in [0, 0.05) is 42.7 Å². The standard InChI is InChI=1S/C23H29N3O5S2/c1-14(2)26-12-11-18-19(13-26)32-22(20(18)23(28)31-4)24-21(27)15-5-9-17(10-6-15)33(29,30)25(3)16-7-8-16/h5-6,9-10,14,16H,7-8,11-13H2,1-4H3,(H,24,27). The van der Waals surface area contributed by atoms with Crippen molar-refractivity contribution in [3.05, 3.63) is 45.8 Å². The first-order chi connectivity index (χ1) is 15.6. The number of benzene rings is 1. The summed E-state index contributed by atoms with van der Waals surface area (Å²) in [6.07, 6.45) is 2.46. The molecule has 8 nitrogen and oxygen atoms in total. The number of anilines is 1. The van der Waals surface area contributed by atoms with E-state index < -0.39 is 21.9 Å². The second kappa shape index (κ2) is 9.17. The number of nitrogens with zero attached hydrogens (tertiary/aromatic N) is 2. The van der Waals surface area contributed by atoms with E-state index in [2.05, 4.69) is 24.1 Å². The number of carbonyl (C=O) groups is 2. The zero-order chi connectivity index (χ0) is 23.9. The van der Waals surface area contributed by atoms with Gasteiger partial charge in [-0.1, -0.05) is 0 Å². The molecule has 0 bridgehead atoms. The van der Waals surface area contributed by atoms with Gasteiger partial charge >= 0.3 is 5.97 Å². The highest BCUT2D eigenvalue weighted by molar-refractivity contribution is 7.89. The zero-order valence-corrected chi connectivity index (χ0v) is 20.9. The number of rotatable bonds is 7. The number of ether oxygens (including phenoxy) is 1. The molecule has 1 saturated carbocycles. The summed E-state index contributed by atoms with van der Waals surface area (Å²) in [5.74, 6) is -0.871. The molecule has 178 valence electrons. The van der Waals surface area contributed by atoms with Crippen molar-refractivity contribution >= 4 is 38.2 Å². The molecule has 2 aromatic rings. The molecule has 1 amide bonds. The van der Waals surface area contributed by atoms with Crippen LogP contribution in [0, 0.1) is 0 Å². The Hall–Kier alpha value is -2.27. The largest absolute Gasteiger partial charge is 0.465 e. The molecule has 1 aromatic heterocycles. The van der Waals surface area contributed by atoms with Crippen LogP contribution in [0.3, 0.4) is 0 Å². The minimum absolute atomic E-state index is 0.0613. The molecule has 2 aliphatic rings. The molecule has 0 unspecified atom stereocenters. The van der Waals surface area contributed by atoms with Gasteiger partial charge < -0.3 is 10.1 Å². The van der Waals surface area contributed by atoms with E-state index in [0.717, 1.165) is 36.4 Å². The molecule has 4 rings (SSSR count). The fraction of sp³-hybridized carbons (Fsp3) is 0.478. The Balaban J connectivity index is 1.56. The first-order valence-electron chi connectivity index (χ1n) is 11.0. The van der Waals surface area contributed by atoms with Gasteiger partial charge in [0.2, 0.25) is 10.0 Å². The molecule has 1 aliphatic heterocycles. The van der Waals surface area contributed by atoms with Crippen LogP contribution in [0.2, 0.25) is 0 Å². The van der Waals surface area contributed by atoms with Crippen molar-refractivity contribution in [2.45, 2.75) is 56.6 Å². The summed E-state index contributed by atoms with van der Waals surface area (Å²) < 4.78 is 31.8. The monoisotopic (exact) mass is 491 g/mol. The fourth-order valence-corrected chi connectivity index (χ4v) is 6.70. The number of nitrogens with one attached hydrogen (secondary N) is 1. The predicted molar refractivity (Wildman–Crippen MR) is 127 cm³/mol. The van der Waals surface area contributed by atoms with Gasteiger partial charge in [-0.2, -0.15) is 4.31 Å². The van der Waals surface area contributed by atoms with Crippen LogP contribution >= 0.6 is 11.3 Å². The Labute approximate surface area is 198 Å². The number of hydrogen-bond donors (Lipinski definition) is 1. The van der Waals surface area contributed by atoms with Crippen molar-refractivity contribution in [2.24, 2.45) is 0 Å². The number of fused-ring (bicyclic) bond motifs is 1. The highest BCUT2D eigenvalue weighted by Gasteiger charge is 2.35. The van der Waals surface area contributed by atoms with E-state index in [9.17, 15) is 18.0 Å². The van der Waals surface area contributed by atoms with Crippen LogP contribution in [0.25, 0.3) is 0 Å². The number of esters is 1. The van der Waals surface area contributed by atoms with Gasteiger partial charge in [-0.25, -0.2) is 13.2 Å². The number of sulfonamides is 1. The van der Waals surface area contributed by atoms with Crippen molar-refractivity contribution in [1.82, 2.24) is 9.21 Å². The van der Waals surface area contributed by atoms with Crippen LogP contribution in [-0.2, 0) is 27.7 Å². The van der Waals surface area contributed by atoms with Crippen molar-refractivity contribution in [1.29, 1.82) is 0 Å². The van der Waals surface area contributed by atoms with Crippen LogP contribution in [0.4, 0.5) is 5.00 Å². The number of methoxy groups -OCH3 is 1. The summed E-state index contributed by atoms with van der Waals surface area (Å²) in [4.78, 5) is 29.0. The van der Waals surface area contributed by atoms with Crippen LogP contribution in [-0.4, -0.2) is 62.3 Å². The normalized spacial score (nSPS) is 16.7. The second-order valence-corrected chi connectivity index (χ2v) is 11.8. The summed E-state index contributed by atoms with van der Waals surface area (Å²) in [5.41, 5.74) is 1.66. The molecule has 1 N–H and O–H groups in total. The SMILES string of the molecule is COC(=O)c1c(NC(=O)c2ccc(S(=O)(=O)N(C)C3CC3)cc2)sc2c1CCN(C(C)C)C2. The molecule has 1 aromatic carbocycles. The van der Waals surface area contributed by atoms with E-state index in [4.69, 9.17) is 4.74 Å². The van der Waals surface area contributed by atoms with Gasteiger partial charge in [-0.3, -0.25) is 9.69 Å². The van der Waals surface area contributed by atoms with Crippen molar-refractivity contribution < 1.29 is 22.7 Å². The Bertz CT molecular complexity index is 1170. The van der Waals surface area contributed by atoms with Gasteiger partial charge in [0.05, 0.1) is 17.6 Å².